The van der Waals surface area contributed by atoms with Gasteiger partial charge in [-0.2, -0.15) is 4.98 Å². The van der Waals surface area contributed by atoms with Gasteiger partial charge in [0.25, 0.3) is 0 Å². The summed E-state index contributed by atoms with van der Waals surface area (Å²) >= 11 is 0. The second-order valence-electron chi connectivity index (χ2n) is 9.58. The maximum atomic E-state index is 13.3. The standard InChI is InChI=1S/C24H27F2N7O2/c1-34-22-21-18(15-2-3-19-20(10-15)33(31-29-19)17(11-25)12-26)6-9-32(21)30-23(28-22)27-16-4-7-24(8-5-16)13-35-14-24/h2-3,6,9-10,16-17H,4-5,7-8,11-14H2,1H3,(H,27,30). The molecule has 0 atom stereocenters. The highest BCUT2D eigenvalue weighted by atomic mass is 19.1. The quantitative estimate of drug-likeness (QED) is 0.425. The number of aromatic nitrogens is 6. The fraction of sp³-hybridized carbons (Fsp3) is 0.500. The first-order chi connectivity index (χ1) is 17.1. The zero-order valence-electron chi connectivity index (χ0n) is 19.5. The molecule has 9 nitrogen and oxygen atoms in total. The van der Waals surface area contributed by atoms with E-state index in [9.17, 15) is 8.78 Å². The van der Waals surface area contributed by atoms with E-state index >= 15 is 0 Å². The Morgan fingerprint density at radius 3 is 2.69 bits per heavy atom. The Balaban J connectivity index is 1.32. The fourth-order valence-corrected chi connectivity index (χ4v) is 5.21. The summed E-state index contributed by atoms with van der Waals surface area (Å²) in [5.41, 5.74) is 3.89. The number of rotatable bonds is 7. The van der Waals surface area contributed by atoms with E-state index in [4.69, 9.17) is 9.47 Å². The largest absolute Gasteiger partial charge is 0.479 e. The van der Waals surface area contributed by atoms with Gasteiger partial charge in [0.05, 0.1) is 25.8 Å². The number of methoxy groups -OCH3 is 1. The van der Waals surface area contributed by atoms with Crippen molar-refractivity contribution in [3.63, 3.8) is 0 Å². The summed E-state index contributed by atoms with van der Waals surface area (Å²) in [5.74, 6) is 0.966. The van der Waals surface area contributed by atoms with Crippen LogP contribution in [0.2, 0.25) is 0 Å². The highest BCUT2D eigenvalue weighted by Gasteiger charge is 2.41. The molecule has 3 aromatic heterocycles. The van der Waals surface area contributed by atoms with E-state index in [0.717, 1.165) is 50.0 Å². The molecular formula is C24H27F2N7O2. The zero-order chi connectivity index (χ0) is 24.0. The van der Waals surface area contributed by atoms with Gasteiger partial charge >= 0.3 is 0 Å². The Morgan fingerprint density at radius 2 is 2.00 bits per heavy atom. The molecule has 1 aromatic carbocycles. The van der Waals surface area contributed by atoms with Crippen LogP contribution in [0.3, 0.4) is 0 Å². The lowest BCUT2D eigenvalue weighted by Crippen LogP contribution is -2.47. The Bertz CT molecular complexity index is 1350. The van der Waals surface area contributed by atoms with Gasteiger partial charge in [-0.1, -0.05) is 11.3 Å². The molecule has 4 heterocycles. The SMILES string of the molecule is COc1nc(NC2CCC3(CC2)COC3)nn2ccc(-c3ccc4nnn(C(CF)CF)c4c3)c12. The van der Waals surface area contributed by atoms with Gasteiger partial charge in [-0.3, -0.25) is 0 Å². The van der Waals surface area contributed by atoms with Crippen LogP contribution in [0.25, 0.3) is 27.7 Å². The van der Waals surface area contributed by atoms with Crippen LogP contribution in [-0.2, 0) is 4.74 Å². The number of alkyl halides is 2. The number of ether oxygens (including phenoxy) is 2. The van der Waals surface area contributed by atoms with Crippen LogP contribution in [0.1, 0.15) is 31.7 Å². The van der Waals surface area contributed by atoms with Crippen LogP contribution < -0.4 is 10.1 Å². The van der Waals surface area contributed by atoms with Crippen molar-refractivity contribution >= 4 is 22.5 Å². The van der Waals surface area contributed by atoms with Gasteiger partial charge in [-0.05, 0) is 49.4 Å². The van der Waals surface area contributed by atoms with E-state index < -0.39 is 19.4 Å². The van der Waals surface area contributed by atoms with Crippen molar-refractivity contribution < 1.29 is 18.3 Å². The van der Waals surface area contributed by atoms with Gasteiger partial charge in [-0.15, -0.1) is 10.2 Å². The third-order valence-electron chi connectivity index (χ3n) is 7.35. The molecule has 11 heteroatoms. The predicted octanol–water partition coefficient (Wildman–Crippen LogP) is 4.00. The summed E-state index contributed by atoms with van der Waals surface area (Å²) in [6.07, 6.45) is 6.27. The van der Waals surface area contributed by atoms with Crippen LogP contribution in [0.5, 0.6) is 5.88 Å². The van der Waals surface area contributed by atoms with Gasteiger partial charge in [0.1, 0.15) is 30.4 Å². The number of benzene rings is 1. The van der Waals surface area contributed by atoms with Crippen molar-refractivity contribution in [2.24, 2.45) is 5.41 Å². The molecule has 0 unspecified atom stereocenters. The first kappa shape index (κ1) is 22.1. The van der Waals surface area contributed by atoms with Crippen LogP contribution in [0.15, 0.2) is 30.5 Å². The van der Waals surface area contributed by atoms with E-state index in [1.807, 2.05) is 24.4 Å². The molecule has 35 heavy (non-hydrogen) atoms. The summed E-state index contributed by atoms with van der Waals surface area (Å²) in [4.78, 5) is 4.65. The molecule has 2 fully saturated rings. The van der Waals surface area contributed by atoms with Crippen molar-refractivity contribution in [2.75, 3.05) is 39.0 Å². The third kappa shape index (κ3) is 3.78. The molecule has 0 radical (unpaired) electrons. The van der Waals surface area contributed by atoms with Crippen molar-refractivity contribution in [3.8, 4) is 17.0 Å². The molecule has 0 amide bonds. The fourth-order valence-electron chi connectivity index (χ4n) is 5.21. The molecule has 6 rings (SSSR count). The third-order valence-corrected chi connectivity index (χ3v) is 7.35. The lowest BCUT2D eigenvalue weighted by atomic mass is 9.71. The smallest absolute Gasteiger partial charge is 0.244 e. The minimum atomic E-state index is -1.00. The summed E-state index contributed by atoms with van der Waals surface area (Å²) in [6, 6.07) is 6.75. The van der Waals surface area contributed by atoms with Crippen LogP contribution in [0, 0.1) is 5.41 Å². The molecule has 1 aliphatic carbocycles. The maximum absolute atomic E-state index is 13.3. The number of nitrogens with zero attached hydrogens (tertiary/aromatic N) is 6. The maximum Gasteiger partial charge on any atom is 0.244 e. The Hall–Kier alpha value is -3.34. The molecule has 184 valence electrons. The summed E-state index contributed by atoms with van der Waals surface area (Å²) in [5, 5.41) is 16.2. The Labute approximate surface area is 200 Å². The van der Waals surface area contributed by atoms with Gasteiger partial charge in [0.2, 0.25) is 11.8 Å². The average molecular weight is 484 g/mol. The number of halogens is 2. The molecule has 2 aliphatic rings. The van der Waals surface area contributed by atoms with E-state index in [1.54, 1.807) is 17.7 Å². The Kier molecular flexibility index (Phi) is 5.51. The van der Waals surface area contributed by atoms with Gasteiger partial charge in [-0.25, -0.2) is 18.0 Å². The van der Waals surface area contributed by atoms with Crippen LogP contribution in [-0.4, -0.2) is 69.3 Å². The van der Waals surface area contributed by atoms with E-state index in [2.05, 4.69) is 25.7 Å². The molecule has 0 bridgehead atoms. The summed E-state index contributed by atoms with van der Waals surface area (Å²) in [6.45, 7) is 0.0447. The molecule has 1 saturated heterocycles. The Morgan fingerprint density at radius 1 is 1.20 bits per heavy atom. The minimum Gasteiger partial charge on any atom is -0.479 e. The highest BCUT2D eigenvalue weighted by Crippen LogP contribution is 2.42. The number of hydrogen-bond donors (Lipinski definition) is 1. The number of hydrogen-bond acceptors (Lipinski definition) is 7. The van der Waals surface area contributed by atoms with Crippen molar-refractivity contribution in [2.45, 2.75) is 37.8 Å². The van der Waals surface area contributed by atoms with Gasteiger partial charge in [0, 0.05) is 23.2 Å². The summed E-state index contributed by atoms with van der Waals surface area (Å²) in [7, 11) is 1.58. The molecular weight excluding hydrogens is 456 g/mol. The number of anilines is 1. The summed E-state index contributed by atoms with van der Waals surface area (Å²) < 4.78 is 40.8. The van der Waals surface area contributed by atoms with E-state index in [-0.39, 0.29) is 0 Å². The second kappa shape index (κ2) is 8.71. The lowest BCUT2D eigenvalue weighted by Gasteiger charge is -2.46. The zero-order valence-corrected chi connectivity index (χ0v) is 19.5. The first-order valence-electron chi connectivity index (χ1n) is 11.9. The first-order valence-corrected chi connectivity index (χ1v) is 11.9. The highest BCUT2D eigenvalue weighted by molar-refractivity contribution is 5.89. The molecule has 1 N–H and O–H groups in total. The van der Waals surface area contributed by atoms with Gasteiger partial charge in [0.15, 0.2) is 0 Å². The monoisotopic (exact) mass is 483 g/mol. The topological polar surface area (TPSA) is 91.4 Å². The molecule has 4 aromatic rings. The molecule has 1 saturated carbocycles. The number of fused-ring (bicyclic) bond motifs is 2. The van der Waals surface area contributed by atoms with Crippen LogP contribution >= 0.6 is 0 Å². The van der Waals surface area contributed by atoms with E-state index in [1.165, 1.54) is 4.68 Å². The lowest BCUT2D eigenvalue weighted by molar-refractivity contribution is -0.131. The predicted molar refractivity (Wildman–Crippen MR) is 126 cm³/mol. The minimum absolute atomic E-state index is 0.313. The number of nitrogens with one attached hydrogen (secondary N) is 1. The van der Waals surface area contributed by atoms with Crippen molar-refractivity contribution in [3.05, 3.63) is 30.5 Å². The second-order valence-corrected chi connectivity index (χ2v) is 9.58. The van der Waals surface area contributed by atoms with E-state index in [0.29, 0.717) is 39.8 Å². The van der Waals surface area contributed by atoms with Crippen molar-refractivity contribution in [1.82, 2.24) is 29.6 Å². The average Bonchev–Trinajstić information content (AvgIpc) is 3.48. The van der Waals surface area contributed by atoms with Gasteiger partial charge < -0.3 is 14.8 Å². The molecule has 1 aliphatic heterocycles. The van der Waals surface area contributed by atoms with Crippen molar-refractivity contribution in [1.29, 1.82) is 0 Å². The van der Waals surface area contributed by atoms with Crippen LogP contribution in [0.4, 0.5) is 14.7 Å². The molecule has 1 spiro atoms. The normalized spacial score (nSPS) is 17.9.